The molecule has 10 heteroatoms. The molecule has 0 spiro atoms. The molecule has 1 fully saturated rings. The second kappa shape index (κ2) is 7.25. The number of benzene rings is 1. The molecule has 0 unspecified atom stereocenters. The quantitative estimate of drug-likeness (QED) is 0.555. The summed E-state index contributed by atoms with van der Waals surface area (Å²) >= 11 is 11.7. The molecule has 0 bridgehead atoms. The number of alkyl halides is 3. The van der Waals surface area contributed by atoms with E-state index in [1.54, 1.807) is 17.2 Å². The van der Waals surface area contributed by atoms with Crippen molar-refractivity contribution in [1.29, 1.82) is 0 Å². The van der Waals surface area contributed by atoms with Crippen LogP contribution in [0, 0.1) is 0 Å². The molecule has 0 radical (unpaired) electrons. The second-order valence-corrected chi connectivity index (χ2v) is 7.12. The van der Waals surface area contributed by atoms with Crippen LogP contribution in [-0.4, -0.2) is 41.1 Å². The highest BCUT2D eigenvalue weighted by Crippen LogP contribution is 2.32. The van der Waals surface area contributed by atoms with Crippen molar-refractivity contribution < 1.29 is 13.2 Å². The van der Waals surface area contributed by atoms with Gasteiger partial charge in [-0.2, -0.15) is 13.2 Å². The summed E-state index contributed by atoms with van der Waals surface area (Å²) in [6, 6.07) is 8.40. The first-order valence-corrected chi connectivity index (χ1v) is 9.23. The molecule has 3 aromatic rings. The van der Waals surface area contributed by atoms with E-state index < -0.39 is 17.2 Å². The number of pyridine rings is 1. The molecule has 1 aliphatic heterocycles. The van der Waals surface area contributed by atoms with Crippen LogP contribution in [0.1, 0.15) is 5.69 Å². The van der Waals surface area contributed by atoms with Crippen molar-refractivity contribution in [3.63, 3.8) is 0 Å². The Hall–Kier alpha value is -2.32. The summed E-state index contributed by atoms with van der Waals surface area (Å²) in [6.45, 7) is 2.24. The van der Waals surface area contributed by atoms with Gasteiger partial charge in [-0.1, -0.05) is 11.6 Å². The maximum atomic E-state index is 13.0. The molecule has 5 nitrogen and oxygen atoms in total. The summed E-state index contributed by atoms with van der Waals surface area (Å²) in [4.78, 5) is 15.5. The largest absolute Gasteiger partial charge is 0.433 e. The molecular formula is C18H14Cl2F3N5. The molecule has 1 saturated heterocycles. The van der Waals surface area contributed by atoms with E-state index in [1.807, 2.05) is 18.2 Å². The zero-order valence-electron chi connectivity index (χ0n) is 14.4. The van der Waals surface area contributed by atoms with Gasteiger partial charge >= 0.3 is 6.18 Å². The lowest BCUT2D eigenvalue weighted by atomic mass is 10.1. The van der Waals surface area contributed by atoms with Gasteiger partial charge in [0.05, 0.1) is 5.52 Å². The smallest absolute Gasteiger partial charge is 0.367 e. The molecule has 28 heavy (non-hydrogen) atoms. The van der Waals surface area contributed by atoms with Crippen LogP contribution >= 0.6 is 23.2 Å². The van der Waals surface area contributed by atoms with Crippen LogP contribution in [0.3, 0.4) is 0 Å². The van der Waals surface area contributed by atoms with E-state index in [-0.39, 0.29) is 5.82 Å². The van der Waals surface area contributed by atoms with Gasteiger partial charge in [0.2, 0.25) is 5.28 Å². The molecule has 1 aliphatic rings. The Balaban J connectivity index is 1.55. The topological polar surface area (TPSA) is 45.2 Å². The van der Waals surface area contributed by atoms with Crippen molar-refractivity contribution in [1.82, 2.24) is 15.0 Å². The second-order valence-electron chi connectivity index (χ2n) is 6.34. The number of hydrogen-bond donors (Lipinski definition) is 0. The van der Waals surface area contributed by atoms with Gasteiger partial charge in [0, 0.05) is 54.5 Å². The molecule has 0 N–H and O–H groups in total. The molecule has 0 saturated carbocycles. The standard InChI is InChI=1S/C18H14Cl2F3N5/c19-11-1-2-12-13(9-11)24-4-3-14(12)27-5-7-28(8-6-27)16-10-15(18(21,22)23)25-17(20)26-16/h1-4,9-10H,5-8H2. The third kappa shape index (κ3) is 3.79. The Kier molecular flexibility index (Phi) is 4.93. The number of rotatable bonds is 2. The summed E-state index contributed by atoms with van der Waals surface area (Å²) in [6.07, 6.45) is -2.85. The Bertz CT molecular complexity index is 1020. The minimum Gasteiger partial charge on any atom is -0.367 e. The van der Waals surface area contributed by atoms with Crippen molar-refractivity contribution in [3.8, 4) is 0 Å². The van der Waals surface area contributed by atoms with Crippen molar-refractivity contribution in [3.05, 3.63) is 52.5 Å². The van der Waals surface area contributed by atoms with E-state index in [9.17, 15) is 13.2 Å². The van der Waals surface area contributed by atoms with Crippen LogP contribution in [-0.2, 0) is 6.18 Å². The monoisotopic (exact) mass is 427 g/mol. The van der Waals surface area contributed by atoms with Crippen LogP contribution in [0.15, 0.2) is 36.5 Å². The van der Waals surface area contributed by atoms with Gasteiger partial charge in [0.25, 0.3) is 0 Å². The van der Waals surface area contributed by atoms with Crippen molar-refractivity contribution in [2.75, 3.05) is 36.0 Å². The number of aromatic nitrogens is 3. The predicted octanol–water partition coefficient (Wildman–Crippen LogP) is 4.68. The Labute approximate surface area is 168 Å². The molecule has 1 aromatic carbocycles. The van der Waals surface area contributed by atoms with Gasteiger partial charge in [-0.15, -0.1) is 0 Å². The summed E-state index contributed by atoms with van der Waals surface area (Å²) in [5, 5.41) is 1.18. The summed E-state index contributed by atoms with van der Waals surface area (Å²) in [7, 11) is 0. The Morgan fingerprint density at radius 2 is 1.61 bits per heavy atom. The van der Waals surface area contributed by atoms with Gasteiger partial charge in [0.15, 0.2) is 5.69 Å². The normalized spacial score (nSPS) is 15.3. The van der Waals surface area contributed by atoms with Crippen molar-refractivity contribution >= 4 is 45.6 Å². The third-order valence-corrected chi connectivity index (χ3v) is 5.01. The fraction of sp³-hybridized carbons (Fsp3) is 0.278. The molecule has 0 aliphatic carbocycles. The average molecular weight is 428 g/mol. The third-order valence-electron chi connectivity index (χ3n) is 4.60. The summed E-state index contributed by atoms with van der Waals surface area (Å²) < 4.78 is 39.0. The van der Waals surface area contributed by atoms with Gasteiger partial charge in [-0.3, -0.25) is 4.98 Å². The maximum absolute atomic E-state index is 13.0. The molecule has 0 amide bonds. The summed E-state index contributed by atoms with van der Waals surface area (Å²) in [5.74, 6) is 0.179. The number of fused-ring (bicyclic) bond motifs is 1. The van der Waals surface area contributed by atoms with Crippen molar-refractivity contribution in [2.45, 2.75) is 6.18 Å². The number of hydrogen-bond acceptors (Lipinski definition) is 5. The molecular weight excluding hydrogens is 414 g/mol. The van der Waals surface area contributed by atoms with Crippen LogP contribution in [0.2, 0.25) is 10.3 Å². The van der Waals surface area contributed by atoms with E-state index in [4.69, 9.17) is 23.2 Å². The average Bonchev–Trinajstić information content (AvgIpc) is 2.66. The first-order chi connectivity index (χ1) is 13.3. The van der Waals surface area contributed by atoms with Crippen LogP contribution in [0.25, 0.3) is 10.9 Å². The number of anilines is 2. The van der Waals surface area contributed by atoms with Crippen LogP contribution in [0.4, 0.5) is 24.7 Å². The molecule has 3 heterocycles. The van der Waals surface area contributed by atoms with Gasteiger partial charge in [-0.25, -0.2) is 9.97 Å². The lowest BCUT2D eigenvalue weighted by molar-refractivity contribution is -0.141. The van der Waals surface area contributed by atoms with E-state index in [0.717, 1.165) is 22.7 Å². The molecule has 2 aromatic heterocycles. The number of piperazine rings is 1. The van der Waals surface area contributed by atoms with Crippen molar-refractivity contribution in [2.24, 2.45) is 0 Å². The highest BCUT2D eigenvalue weighted by Gasteiger charge is 2.34. The highest BCUT2D eigenvalue weighted by molar-refractivity contribution is 6.31. The fourth-order valence-corrected chi connectivity index (χ4v) is 3.62. The van der Waals surface area contributed by atoms with E-state index >= 15 is 0 Å². The van der Waals surface area contributed by atoms with E-state index in [2.05, 4.69) is 19.9 Å². The summed E-state index contributed by atoms with van der Waals surface area (Å²) in [5.41, 5.74) is 0.768. The molecule has 4 rings (SSSR count). The van der Waals surface area contributed by atoms with Gasteiger partial charge in [0.1, 0.15) is 5.82 Å². The lowest BCUT2D eigenvalue weighted by Crippen LogP contribution is -2.47. The maximum Gasteiger partial charge on any atom is 0.433 e. The predicted molar refractivity (Wildman–Crippen MR) is 103 cm³/mol. The van der Waals surface area contributed by atoms with Gasteiger partial charge in [-0.05, 0) is 35.9 Å². The minimum absolute atomic E-state index is 0.179. The SMILES string of the molecule is FC(F)(F)c1cc(N2CCN(c3ccnc4cc(Cl)ccc34)CC2)nc(Cl)n1. The number of nitrogens with zero attached hydrogens (tertiary/aromatic N) is 5. The lowest BCUT2D eigenvalue weighted by Gasteiger charge is -2.37. The minimum atomic E-state index is -4.57. The fourth-order valence-electron chi connectivity index (χ4n) is 3.27. The van der Waals surface area contributed by atoms with Gasteiger partial charge < -0.3 is 9.80 Å². The molecule has 146 valence electrons. The van der Waals surface area contributed by atoms with E-state index in [0.29, 0.717) is 31.2 Å². The van der Waals surface area contributed by atoms with E-state index in [1.165, 1.54) is 0 Å². The van der Waals surface area contributed by atoms with Crippen LogP contribution < -0.4 is 9.80 Å². The first-order valence-electron chi connectivity index (χ1n) is 8.47. The Morgan fingerprint density at radius 3 is 2.32 bits per heavy atom. The van der Waals surface area contributed by atoms with Crippen LogP contribution in [0.5, 0.6) is 0 Å². The number of halogens is 5. The Morgan fingerprint density at radius 1 is 0.893 bits per heavy atom. The first kappa shape index (κ1) is 19.0. The zero-order valence-corrected chi connectivity index (χ0v) is 15.9. The highest BCUT2D eigenvalue weighted by atomic mass is 35.5. The molecule has 0 atom stereocenters. The zero-order chi connectivity index (χ0) is 19.9.